The lowest BCUT2D eigenvalue weighted by atomic mass is 9.90. The largest absolute Gasteiger partial charge is 0.329 e. The molecule has 2 heterocycles. The number of nitrogens with two attached hydrogens (primary N) is 1. The Balaban J connectivity index is 2.11. The van der Waals surface area contributed by atoms with Crippen LogP contribution >= 0.6 is 0 Å². The van der Waals surface area contributed by atoms with Crippen LogP contribution in [0.2, 0.25) is 0 Å². The van der Waals surface area contributed by atoms with E-state index in [4.69, 9.17) is 5.73 Å². The summed E-state index contributed by atoms with van der Waals surface area (Å²) in [5, 5.41) is 4.52. The van der Waals surface area contributed by atoms with E-state index in [0.29, 0.717) is 12.0 Å². The molecular weight excluding hydrogens is 224 g/mol. The zero-order valence-corrected chi connectivity index (χ0v) is 11.9. The van der Waals surface area contributed by atoms with Crippen LogP contribution in [0.5, 0.6) is 0 Å². The van der Waals surface area contributed by atoms with Gasteiger partial charge in [-0.2, -0.15) is 5.10 Å². The van der Waals surface area contributed by atoms with Crippen LogP contribution in [0.15, 0.2) is 6.20 Å². The molecule has 4 nitrogen and oxygen atoms in total. The molecule has 0 amide bonds. The Morgan fingerprint density at radius 1 is 1.50 bits per heavy atom. The van der Waals surface area contributed by atoms with E-state index in [1.54, 1.807) is 0 Å². The fourth-order valence-electron chi connectivity index (χ4n) is 3.14. The molecule has 0 spiro atoms. The van der Waals surface area contributed by atoms with Gasteiger partial charge in [-0.1, -0.05) is 13.8 Å². The standard InChI is InChI=1S/C14H26N4/c1-4-13-12(9-17(3)16-13)10-18-7-5-6-11(2)14(18)8-15/h9,11,14H,4-8,10,15H2,1-3H3. The van der Waals surface area contributed by atoms with Crippen LogP contribution < -0.4 is 5.73 Å². The van der Waals surface area contributed by atoms with Crippen LogP contribution in [-0.2, 0) is 20.0 Å². The molecule has 18 heavy (non-hydrogen) atoms. The third-order valence-electron chi connectivity index (χ3n) is 4.17. The van der Waals surface area contributed by atoms with Crippen molar-refractivity contribution < 1.29 is 0 Å². The molecule has 2 rings (SSSR count). The number of rotatable bonds is 4. The monoisotopic (exact) mass is 250 g/mol. The number of hydrogen-bond donors (Lipinski definition) is 1. The number of nitrogens with zero attached hydrogens (tertiary/aromatic N) is 3. The zero-order chi connectivity index (χ0) is 13.1. The van der Waals surface area contributed by atoms with Crippen molar-refractivity contribution in [2.24, 2.45) is 18.7 Å². The lowest BCUT2D eigenvalue weighted by molar-refractivity contribution is 0.0988. The molecule has 0 aliphatic carbocycles. The number of aryl methyl sites for hydroxylation is 2. The highest BCUT2D eigenvalue weighted by atomic mass is 15.3. The van der Waals surface area contributed by atoms with Crippen molar-refractivity contribution >= 4 is 0 Å². The topological polar surface area (TPSA) is 47.1 Å². The fraction of sp³-hybridized carbons (Fsp3) is 0.786. The van der Waals surface area contributed by atoms with Gasteiger partial charge < -0.3 is 5.73 Å². The number of hydrogen-bond acceptors (Lipinski definition) is 3. The van der Waals surface area contributed by atoms with Crippen LogP contribution in [0.1, 0.15) is 37.9 Å². The number of piperidine rings is 1. The first-order chi connectivity index (χ1) is 8.65. The summed E-state index contributed by atoms with van der Waals surface area (Å²) in [5.74, 6) is 0.713. The normalized spacial score (nSPS) is 25.6. The van der Waals surface area contributed by atoms with Gasteiger partial charge in [-0.3, -0.25) is 9.58 Å². The molecule has 1 aliphatic heterocycles. The Morgan fingerprint density at radius 2 is 2.28 bits per heavy atom. The lowest BCUT2D eigenvalue weighted by Crippen LogP contribution is -2.48. The maximum atomic E-state index is 5.95. The average molecular weight is 250 g/mol. The first-order valence-electron chi connectivity index (χ1n) is 7.11. The third kappa shape index (κ3) is 2.75. The Morgan fingerprint density at radius 3 is 2.94 bits per heavy atom. The van der Waals surface area contributed by atoms with Crippen LogP contribution in [0.4, 0.5) is 0 Å². The van der Waals surface area contributed by atoms with Crippen molar-refractivity contribution in [2.75, 3.05) is 13.1 Å². The third-order valence-corrected chi connectivity index (χ3v) is 4.17. The van der Waals surface area contributed by atoms with Crippen LogP contribution in [0, 0.1) is 5.92 Å². The summed E-state index contributed by atoms with van der Waals surface area (Å²) in [4.78, 5) is 2.55. The van der Waals surface area contributed by atoms with E-state index in [-0.39, 0.29) is 0 Å². The SMILES string of the molecule is CCc1nn(C)cc1CN1CCCC(C)C1CN. The van der Waals surface area contributed by atoms with Crippen LogP contribution in [0.25, 0.3) is 0 Å². The van der Waals surface area contributed by atoms with Crippen molar-refractivity contribution in [3.05, 3.63) is 17.5 Å². The van der Waals surface area contributed by atoms with E-state index < -0.39 is 0 Å². The Hall–Kier alpha value is -0.870. The van der Waals surface area contributed by atoms with Gasteiger partial charge in [0.2, 0.25) is 0 Å². The Labute approximate surface area is 110 Å². The maximum Gasteiger partial charge on any atom is 0.0666 e. The van der Waals surface area contributed by atoms with Gasteiger partial charge in [-0.05, 0) is 31.7 Å². The van der Waals surface area contributed by atoms with E-state index in [2.05, 4.69) is 30.0 Å². The summed E-state index contributed by atoms with van der Waals surface area (Å²) in [6, 6.07) is 0.531. The van der Waals surface area contributed by atoms with E-state index >= 15 is 0 Å². The van der Waals surface area contributed by atoms with Gasteiger partial charge in [0.25, 0.3) is 0 Å². The fourth-order valence-corrected chi connectivity index (χ4v) is 3.14. The minimum Gasteiger partial charge on any atom is -0.329 e. The van der Waals surface area contributed by atoms with Crippen LogP contribution in [-0.4, -0.2) is 33.8 Å². The molecule has 4 heteroatoms. The lowest BCUT2D eigenvalue weighted by Gasteiger charge is -2.39. The summed E-state index contributed by atoms with van der Waals surface area (Å²) >= 11 is 0. The quantitative estimate of drug-likeness (QED) is 0.882. The second-order valence-electron chi connectivity index (χ2n) is 5.52. The van der Waals surface area contributed by atoms with E-state index in [1.165, 1.54) is 30.6 Å². The van der Waals surface area contributed by atoms with Crippen molar-refractivity contribution in [2.45, 2.75) is 45.7 Å². The summed E-state index contributed by atoms with van der Waals surface area (Å²) in [7, 11) is 2.00. The van der Waals surface area contributed by atoms with Gasteiger partial charge >= 0.3 is 0 Å². The van der Waals surface area contributed by atoms with E-state index in [9.17, 15) is 0 Å². The number of aromatic nitrogens is 2. The van der Waals surface area contributed by atoms with Gasteiger partial charge in [0, 0.05) is 37.9 Å². The number of likely N-dealkylation sites (tertiary alicyclic amines) is 1. The highest BCUT2D eigenvalue weighted by Gasteiger charge is 2.27. The van der Waals surface area contributed by atoms with Crippen molar-refractivity contribution in [1.29, 1.82) is 0 Å². The minimum atomic E-state index is 0.531. The van der Waals surface area contributed by atoms with Crippen LogP contribution in [0.3, 0.4) is 0 Å². The van der Waals surface area contributed by atoms with Gasteiger partial charge in [0.15, 0.2) is 0 Å². The van der Waals surface area contributed by atoms with Crippen molar-refractivity contribution in [3.8, 4) is 0 Å². The molecule has 0 saturated carbocycles. The first-order valence-corrected chi connectivity index (χ1v) is 7.11. The molecule has 0 bridgehead atoms. The van der Waals surface area contributed by atoms with Crippen molar-refractivity contribution in [3.63, 3.8) is 0 Å². The van der Waals surface area contributed by atoms with Gasteiger partial charge in [0.05, 0.1) is 5.69 Å². The maximum absolute atomic E-state index is 5.95. The highest BCUT2D eigenvalue weighted by molar-refractivity contribution is 5.17. The van der Waals surface area contributed by atoms with E-state index in [1.807, 2.05) is 11.7 Å². The Kier molecular flexibility index (Phi) is 4.40. The van der Waals surface area contributed by atoms with Crippen molar-refractivity contribution in [1.82, 2.24) is 14.7 Å². The van der Waals surface area contributed by atoms with E-state index in [0.717, 1.165) is 19.5 Å². The molecule has 1 saturated heterocycles. The second kappa shape index (κ2) is 5.85. The summed E-state index contributed by atoms with van der Waals surface area (Å²) in [5.41, 5.74) is 8.55. The molecule has 1 aromatic rings. The molecule has 2 N–H and O–H groups in total. The summed E-state index contributed by atoms with van der Waals surface area (Å²) in [6.07, 6.45) is 5.77. The molecule has 1 fully saturated rings. The summed E-state index contributed by atoms with van der Waals surface area (Å²) in [6.45, 7) is 7.44. The predicted molar refractivity (Wildman–Crippen MR) is 74.2 cm³/mol. The molecule has 1 aromatic heterocycles. The first kappa shape index (κ1) is 13.6. The molecule has 0 radical (unpaired) electrons. The summed E-state index contributed by atoms with van der Waals surface area (Å²) < 4.78 is 1.93. The smallest absolute Gasteiger partial charge is 0.0666 e. The molecule has 2 unspecified atom stereocenters. The molecule has 0 aromatic carbocycles. The van der Waals surface area contributed by atoms with Gasteiger partial charge in [-0.25, -0.2) is 0 Å². The average Bonchev–Trinajstić information content (AvgIpc) is 2.70. The minimum absolute atomic E-state index is 0.531. The molecule has 102 valence electrons. The molecule has 2 atom stereocenters. The highest BCUT2D eigenvalue weighted by Crippen LogP contribution is 2.25. The van der Waals surface area contributed by atoms with Gasteiger partial charge in [-0.15, -0.1) is 0 Å². The molecule has 1 aliphatic rings. The Bertz CT molecular complexity index is 385. The predicted octanol–water partition coefficient (Wildman–Crippen LogP) is 1.54. The van der Waals surface area contributed by atoms with Gasteiger partial charge in [0.1, 0.15) is 0 Å². The zero-order valence-electron chi connectivity index (χ0n) is 11.9. The molecular formula is C14H26N4. The second-order valence-corrected chi connectivity index (χ2v) is 5.52.